The molecule has 5 rings (SSSR count). The summed E-state index contributed by atoms with van der Waals surface area (Å²) in [6.07, 6.45) is 7.68. The highest BCUT2D eigenvalue weighted by molar-refractivity contribution is 7.18. The predicted octanol–water partition coefficient (Wildman–Crippen LogP) is 1.97. The average Bonchev–Trinajstić information content (AvgIpc) is 3.24. The van der Waals surface area contributed by atoms with Gasteiger partial charge < -0.3 is 4.90 Å². The molecule has 2 fully saturated rings. The number of carbonyl (C=O) groups is 2. The number of fused-ring (bicyclic) bond motifs is 2. The normalized spacial score (nSPS) is 30.9. The number of hydrogen-bond donors (Lipinski definition) is 1. The number of thiazole rings is 1. The third-order valence-electron chi connectivity index (χ3n) is 6.33. The van der Waals surface area contributed by atoms with Crippen LogP contribution in [0.4, 0.5) is 0 Å². The van der Waals surface area contributed by atoms with Gasteiger partial charge in [0.25, 0.3) is 0 Å². The van der Waals surface area contributed by atoms with Gasteiger partial charge >= 0.3 is 0 Å². The molecule has 2 saturated heterocycles. The molecule has 3 aliphatic rings. The number of aromatic nitrogens is 1. The van der Waals surface area contributed by atoms with E-state index in [9.17, 15) is 9.59 Å². The Morgan fingerprint density at radius 2 is 1.70 bits per heavy atom. The lowest BCUT2D eigenvalue weighted by Gasteiger charge is -2.30. The van der Waals surface area contributed by atoms with Crippen LogP contribution in [0.3, 0.4) is 0 Å². The quantitative estimate of drug-likeness (QED) is 0.652. The summed E-state index contributed by atoms with van der Waals surface area (Å²) in [4.78, 5) is 33.0. The molecule has 0 saturated carbocycles. The second kappa shape index (κ2) is 6.84. The van der Waals surface area contributed by atoms with Gasteiger partial charge in [-0.15, -0.1) is 11.3 Å². The number of carbonyl (C=O) groups excluding carboxylic acids is 2. The summed E-state index contributed by atoms with van der Waals surface area (Å²) in [6.45, 7) is 2.52. The van der Waals surface area contributed by atoms with Crippen molar-refractivity contribution < 1.29 is 14.5 Å². The lowest BCUT2D eigenvalue weighted by Crippen LogP contribution is -3.14. The Hall–Kier alpha value is -2.05. The van der Waals surface area contributed by atoms with Gasteiger partial charge in [-0.2, -0.15) is 0 Å². The maximum absolute atomic E-state index is 12.7. The van der Waals surface area contributed by atoms with Crippen molar-refractivity contribution in [3.8, 4) is 0 Å². The number of rotatable bonds is 3. The first-order valence-electron chi connectivity index (χ1n) is 9.90. The van der Waals surface area contributed by atoms with E-state index in [2.05, 4.69) is 18.2 Å². The molecule has 6 heteroatoms. The van der Waals surface area contributed by atoms with E-state index in [0.29, 0.717) is 12.6 Å². The van der Waals surface area contributed by atoms with Crippen molar-refractivity contribution in [2.75, 3.05) is 19.8 Å². The van der Waals surface area contributed by atoms with E-state index in [1.807, 2.05) is 18.2 Å². The fourth-order valence-corrected chi connectivity index (χ4v) is 5.88. The van der Waals surface area contributed by atoms with Crippen molar-refractivity contribution in [2.45, 2.75) is 31.6 Å². The highest BCUT2D eigenvalue weighted by Crippen LogP contribution is 2.35. The molecule has 2 amide bonds. The number of nitrogens with zero attached hydrogens (tertiary/aromatic N) is 2. The van der Waals surface area contributed by atoms with Gasteiger partial charge in [0, 0.05) is 18.8 Å². The average molecular weight is 383 g/mol. The van der Waals surface area contributed by atoms with Crippen molar-refractivity contribution in [1.29, 1.82) is 0 Å². The first-order chi connectivity index (χ1) is 13.2. The number of nitrogens with one attached hydrogen (secondary N) is 1. The molecular weight excluding hydrogens is 358 g/mol. The Morgan fingerprint density at radius 3 is 2.37 bits per heavy atom. The number of quaternary nitrogens is 1. The minimum Gasteiger partial charge on any atom is -0.317 e. The van der Waals surface area contributed by atoms with Crippen LogP contribution in [0.5, 0.6) is 0 Å². The number of hydrogen-bond acceptors (Lipinski definition) is 4. The molecule has 1 aromatic carbocycles. The molecule has 0 spiro atoms. The van der Waals surface area contributed by atoms with E-state index in [4.69, 9.17) is 4.98 Å². The molecule has 1 aromatic heterocycles. The van der Waals surface area contributed by atoms with Crippen molar-refractivity contribution >= 4 is 33.4 Å². The Morgan fingerprint density at radius 1 is 1.04 bits per heavy atom. The largest absolute Gasteiger partial charge is 0.317 e. The topological polar surface area (TPSA) is 54.7 Å². The molecule has 0 bridgehead atoms. The maximum Gasteiger partial charge on any atom is 0.237 e. The fraction of sp³-hybridized carbons (Fsp3) is 0.476. The number of amides is 2. The Kier molecular flexibility index (Phi) is 4.32. The number of allylic oxidation sites excluding steroid dienone is 2. The number of piperidine rings is 1. The minimum atomic E-state index is -0.109. The van der Waals surface area contributed by atoms with Crippen LogP contribution in [0, 0.1) is 11.8 Å². The molecule has 1 N–H and O–H groups in total. The van der Waals surface area contributed by atoms with Crippen LogP contribution in [0.15, 0.2) is 36.4 Å². The van der Waals surface area contributed by atoms with Crippen LogP contribution in [0.25, 0.3) is 10.2 Å². The predicted molar refractivity (Wildman–Crippen MR) is 104 cm³/mol. The summed E-state index contributed by atoms with van der Waals surface area (Å²) in [6, 6.07) is 8.31. The van der Waals surface area contributed by atoms with Crippen LogP contribution >= 0.6 is 11.3 Å². The van der Waals surface area contributed by atoms with Gasteiger partial charge in [-0.1, -0.05) is 24.3 Å². The van der Waals surface area contributed by atoms with Crippen LogP contribution in [-0.4, -0.2) is 41.5 Å². The maximum atomic E-state index is 12.7. The molecule has 3 heterocycles. The molecule has 5 nitrogen and oxygen atoms in total. The SMILES string of the molecule is O=C1[C@@H]2CC=CC[C@H]2C(=O)N1C[NH+]1CCC(c2nc3ccccc3s2)CC1. The number of imide groups is 1. The van der Waals surface area contributed by atoms with Gasteiger partial charge in [0.05, 0.1) is 40.1 Å². The number of para-hydroxylation sites is 1. The summed E-state index contributed by atoms with van der Waals surface area (Å²) in [5.41, 5.74) is 1.09. The van der Waals surface area contributed by atoms with Gasteiger partial charge in [0.1, 0.15) is 0 Å². The number of benzene rings is 1. The molecule has 2 atom stereocenters. The lowest BCUT2D eigenvalue weighted by atomic mass is 9.85. The first-order valence-corrected chi connectivity index (χ1v) is 10.7. The minimum absolute atomic E-state index is 0.0511. The van der Waals surface area contributed by atoms with Crippen molar-refractivity contribution in [3.05, 3.63) is 41.4 Å². The Bertz CT molecular complexity index is 854. The van der Waals surface area contributed by atoms with E-state index in [1.54, 1.807) is 16.2 Å². The Labute approximate surface area is 162 Å². The zero-order valence-corrected chi connectivity index (χ0v) is 16.1. The van der Waals surface area contributed by atoms with Crippen LogP contribution in [0.1, 0.15) is 36.6 Å². The van der Waals surface area contributed by atoms with E-state index >= 15 is 0 Å². The molecular formula is C21H24N3O2S+. The molecule has 2 aliphatic heterocycles. The second-order valence-electron chi connectivity index (χ2n) is 7.96. The van der Waals surface area contributed by atoms with Gasteiger partial charge in [0.15, 0.2) is 6.67 Å². The van der Waals surface area contributed by atoms with E-state index in [1.165, 1.54) is 14.6 Å². The Balaban J connectivity index is 1.22. The molecule has 1 aliphatic carbocycles. The standard InChI is InChI=1S/C21H23N3O2S/c25-20-15-5-1-2-6-16(15)21(26)24(20)13-23-11-9-14(10-12-23)19-22-17-7-3-4-8-18(17)27-19/h1-4,7-8,14-16H,5-6,9-13H2/p+1/t15-,16-/m1/s1. The van der Waals surface area contributed by atoms with Crippen molar-refractivity contribution in [2.24, 2.45) is 11.8 Å². The van der Waals surface area contributed by atoms with Crippen LogP contribution in [0.2, 0.25) is 0 Å². The zero-order chi connectivity index (χ0) is 18.4. The lowest BCUT2D eigenvalue weighted by molar-refractivity contribution is -0.912. The molecule has 2 aromatic rings. The third kappa shape index (κ3) is 3.01. The summed E-state index contributed by atoms with van der Waals surface area (Å²) in [5.74, 6) is 0.387. The zero-order valence-electron chi connectivity index (χ0n) is 15.3. The highest BCUT2D eigenvalue weighted by Gasteiger charge is 2.48. The van der Waals surface area contributed by atoms with E-state index in [0.717, 1.165) is 44.3 Å². The summed E-state index contributed by atoms with van der Waals surface area (Å²) < 4.78 is 1.26. The molecule has 27 heavy (non-hydrogen) atoms. The fourth-order valence-electron chi connectivity index (χ4n) is 4.74. The van der Waals surface area contributed by atoms with Crippen LogP contribution < -0.4 is 4.90 Å². The molecule has 140 valence electrons. The van der Waals surface area contributed by atoms with Crippen molar-refractivity contribution in [1.82, 2.24) is 9.88 Å². The second-order valence-corrected chi connectivity index (χ2v) is 9.02. The monoisotopic (exact) mass is 382 g/mol. The van der Waals surface area contributed by atoms with Gasteiger partial charge in [-0.3, -0.25) is 9.59 Å². The number of likely N-dealkylation sites (tertiary alicyclic amines) is 2. The summed E-state index contributed by atoms with van der Waals surface area (Å²) in [7, 11) is 0. The van der Waals surface area contributed by atoms with Gasteiger partial charge in [-0.05, 0) is 25.0 Å². The van der Waals surface area contributed by atoms with E-state index in [-0.39, 0.29) is 23.7 Å². The van der Waals surface area contributed by atoms with Crippen molar-refractivity contribution in [3.63, 3.8) is 0 Å². The smallest absolute Gasteiger partial charge is 0.237 e. The van der Waals surface area contributed by atoms with Gasteiger partial charge in [-0.25, -0.2) is 9.88 Å². The highest BCUT2D eigenvalue weighted by atomic mass is 32.1. The van der Waals surface area contributed by atoms with E-state index < -0.39 is 0 Å². The summed E-state index contributed by atoms with van der Waals surface area (Å²) >= 11 is 1.81. The molecule has 0 radical (unpaired) electrons. The first kappa shape index (κ1) is 17.1. The van der Waals surface area contributed by atoms with Crippen LogP contribution in [-0.2, 0) is 9.59 Å². The van der Waals surface area contributed by atoms with Gasteiger partial charge in [0.2, 0.25) is 11.8 Å². The third-order valence-corrected chi connectivity index (χ3v) is 7.53. The molecule has 0 unspecified atom stereocenters. The summed E-state index contributed by atoms with van der Waals surface area (Å²) in [5, 5.41) is 1.24.